The molecule has 0 saturated carbocycles. The van der Waals surface area contributed by atoms with Gasteiger partial charge in [0.25, 0.3) is 0 Å². The van der Waals surface area contributed by atoms with Gasteiger partial charge < -0.3 is 14.1 Å². The number of hydrogen-bond donors (Lipinski definition) is 0. The molecule has 0 atom stereocenters. The number of hydrogen-bond acceptors (Lipinski definition) is 4. The predicted molar refractivity (Wildman–Crippen MR) is 159 cm³/mol. The second kappa shape index (κ2) is 10.6. The predicted octanol–water partition coefficient (Wildman–Crippen LogP) is 8.64. The van der Waals surface area contributed by atoms with Gasteiger partial charge in [0.15, 0.2) is 0 Å². The molecular formula is C37H22N2O2Pt. The molecular weight excluding hydrogens is 699 g/mol. The SMILES string of the molecule is [Pt+2].[c-]1c(Oc2[c-]c(-c3cc4ccccc4cn3)co2)cccc1C1(c2ccccn2)c2ccccc2-c2ccccc21. The van der Waals surface area contributed by atoms with Gasteiger partial charge in [-0.15, -0.1) is 23.3 Å². The monoisotopic (exact) mass is 721 g/mol. The maximum Gasteiger partial charge on any atom is 2.00 e. The summed E-state index contributed by atoms with van der Waals surface area (Å²) >= 11 is 0. The first-order valence-corrected chi connectivity index (χ1v) is 13.5. The third kappa shape index (κ3) is 4.10. The normalized spacial score (nSPS) is 12.8. The van der Waals surface area contributed by atoms with Crippen LogP contribution < -0.4 is 4.74 Å². The number of nitrogens with zero attached hydrogens (tertiary/aromatic N) is 2. The minimum absolute atomic E-state index is 0. The summed E-state index contributed by atoms with van der Waals surface area (Å²) < 4.78 is 12.0. The van der Waals surface area contributed by atoms with E-state index in [2.05, 4.69) is 83.8 Å². The number of benzene rings is 4. The molecule has 0 bridgehead atoms. The van der Waals surface area contributed by atoms with E-state index in [0.717, 1.165) is 33.3 Å². The molecule has 5 heteroatoms. The van der Waals surface area contributed by atoms with E-state index >= 15 is 0 Å². The zero-order chi connectivity index (χ0) is 27.2. The molecule has 4 nitrogen and oxygen atoms in total. The van der Waals surface area contributed by atoms with Gasteiger partial charge in [-0.05, 0) is 57.1 Å². The Labute approximate surface area is 257 Å². The van der Waals surface area contributed by atoms with E-state index < -0.39 is 5.41 Å². The van der Waals surface area contributed by atoms with Crippen LogP contribution in [0.25, 0.3) is 33.2 Å². The standard InChI is InChI=1S/C37H22N2O2.Pt/c1-2-11-26-23-39-34(20-25(26)10-1)27-21-36(40-24-27)41-29-13-9-12-28(22-29)37(35-18-7-8-19-38-35)32-16-5-3-14-30(32)31-15-4-6-17-33(31)37;/h1-20,23-24H;/q-2;+2. The molecule has 0 saturated heterocycles. The summed E-state index contributed by atoms with van der Waals surface area (Å²) in [5, 5.41) is 2.19. The first-order valence-electron chi connectivity index (χ1n) is 13.5. The van der Waals surface area contributed by atoms with Crippen LogP contribution in [0.4, 0.5) is 0 Å². The summed E-state index contributed by atoms with van der Waals surface area (Å²) in [7, 11) is 0. The van der Waals surface area contributed by atoms with Crippen LogP contribution >= 0.6 is 0 Å². The fraction of sp³-hybridized carbons (Fsp3) is 0.0270. The van der Waals surface area contributed by atoms with Crippen molar-refractivity contribution < 1.29 is 30.2 Å². The zero-order valence-electron chi connectivity index (χ0n) is 22.2. The summed E-state index contributed by atoms with van der Waals surface area (Å²) in [6.07, 6.45) is 5.33. The van der Waals surface area contributed by atoms with Gasteiger partial charge in [0.05, 0.1) is 11.1 Å². The summed E-state index contributed by atoms with van der Waals surface area (Å²) in [4.78, 5) is 9.47. The van der Waals surface area contributed by atoms with E-state index in [-0.39, 0.29) is 27.0 Å². The van der Waals surface area contributed by atoms with Crippen LogP contribution in [0.3, 0.4) is 0 Å². The van der Waals surface area contributed by atoms with Crippen LogP contribution in [0.15, 0.2) is 138 Å². The van der Waals surface area contributed by atoms with Crippen molar-refractivity contribution in [2.75, 3.05) is 0 Å². The molecule has 8 rings (SSSR count). The first-order chi connectivity index (χ1) is 20.3. The first kappa shape index (κ1) is 26.1. The molecule has 1 aliphatic rings. The zero-order valence-corrected chi connectivity index (χ0v) is 24.5. The van der Waals surface area contributed by atoms with Crippen LogP contribution in [-0.4, -0.2) is 9.97 Å². The maximum atomic E-state index is 6.20. The van der Waals surface area contributed by atoms with Crippen molar-refractivity contribution in [3.8, 4) is 34.1 Å². The smallest absolute Gasteiger partial charge is 0.507 e. The molecule has 0 N–H and O–H groups in total. The second-order valence-electron chi connectivity index (χ2n) is 10.1. The molecule has 7 aromatic rings. The quantitative estimate of drug-likeness (QED) is 0.167. The van der Waals surface area contributed by atoms with E-state index in [9.17, 15) is 0 Å². The summed E-state index contributed by atoms with van der Waals surface area (Å²) in [5.41, 5.74) is 7.44. The van der Waals surface area contributed by atoms with Gasteiger partial charge in [-0.1, -0.05) is 91.0 Å². The van der Waals surface area contributed by atoms with Gasteiger partial charge in [-0.3, -0.25) is 4.98 Å². The van der Waals surface area contributed by atoms with Gasteiger partial charge in [0.1, 0.15) is 0 Å². The average Bonchev–Trinajstić information content (AvgIpc) is 3.63. The topological polar surface area (TPSA) is 48.2 Å². The van der Waals surface area contributed by atoms with Crippen molar-refractivity contribution >= 4 is 10.8 Å². The molecule has 3 aromatic heterocycles. The summed E-state index contributed by atoms with van der Waals surface area (Å²) in [6.45, 7) is 0. The van der Waals surface area contributed by atoms with Crippen LogP contribution in [0.5, 0.6) is 11.7 Å². The number of furan rings is 1. The molecule has 0 amide bonds. The minimum atomic E-state index is -0.652. The summed E-state index contributed by atoms with van der Waals surface area (Å²) in [6, 6.07) is 46.1. The molecule has 0 spiro atoms. The molecule has 0 aliphatic heterocycles. The van der Waals surface area contributed by atoms with Crippen LogP contribution in [0.1, 0.15) is 22.4 Å². The Balaban J connectivity index is 0.00000288. The molecule has 202 valence electrons. The molecule has 0 fully saturated rings. The summed E-state index contributed by atoms with van der Waals surface area (Å²) in [5.74, 6) is 0.783. The van der Waals surface area contributed by atoms with Crippen molar-refractivity contribution in [1.29, 1.82) is 0 Å². The second-order valence-corrected chi connectivity index (χ2v) is 10.1. The minimum Gasteiger partial charge on any atom is -0.507 e. The van der Waals surface area contributed by atoms with E-state index in [1.54, 1.807) is 6.26 Å². The largest absolute Gasteiger partial charge is 2.00 e. The van der Waals surface area contributed by atoms with Gasteiger partial charge in [-0.25, -0.2) is 0 Å². The van der Waals surface area contributed by atoms with E-state index in [1.165, 1.54) is 22.3 Å². The molecule has 0 radical (unpaired) electrons. The Hall–Kier alpha value is -4.79. The van der Waals surface area contributed by atoms with E-state index in [4.69, 9.17) is 14.1 Å². The molecule has 3 heterocycles. The van der Waals surface area contributed by atoms with E-state index in [0.29, 0.717) is 5.75 Å². The number of rotatable bonds is 5. The van der Waals surface area contributed by atoms with Crippen molar-refractivity contribution in [2.45, 2.75) is 5.41 Å². The van der Waals surface area contributed by atoms with Crippen molar-refractivity contribution in [1.82, 2.24) is 9.97 Å². The van der Waals surface area contributed by atoms with Crippen LogP contribution in [0.2, 0.25) is 0 Å². The molecule has 1 aliphatic carbocycles. The number of pyridine rings is 2. The van der Waals surface area contributed by atoms with Crippen LogP contribution in [-0.2, 0) is 26.5 Å². The van der Waals surface area contributed by atoms with Crippen molar-refractivity contribution in [2.24, 2.45) is 0 Å². The maximum absolute atomic E-state index is 6.20. The fourth-order valence-electron chi connectivity index (χ4n) is 6.04. The van der Waals surface area contributed by atoms with Gasteiger partial charge in [0.2, 0.25) is 5.95 Å². The Bertz CT molecular complexity index is 2010. The molecule has 0 unspecified atom stereocenters. The Morgan fingerprint density at radius 3 is 2.14 bits per heavy atom. The van der Waals surface area contributed by atoms with Gasteiger partial charge >= 0.3 is 21.1 Å². The average molecular weight is 722 g/mol. The van der Waals surface area contributed by atoms with Gasteiger partial charge in [0, 0.05) is 18.1 Å². The Morgan fingerprint density at radius 2 is 1.38 bits per heavy atom. The molecule has 42 heavy (non-hydrogen) atoms. The van der Waals surface area contributed by atoms with Crippen molar-refractivity contribution in [3.05, 3.63) is 168 Å². The third-order valence-corrected chi connectivity index (χ3v) is 7.80. The fourth-order valence-corrected chi connectivity index (χ4v) is 6.04. The number of ether oxygens (including phenoxy) is 1. The molecule has 4 aromatic carbocycles. The van der Waals surface area contributed by atoms with Gasteiger partial charge in [-0.2, -0.15) is 12.1 Å². The van der Waals surface area contributed by atoms with Crippen molar-refractivity contribution in [3.63, 3.8) is 0 Å². The van der Waals surface area contributed by atoms with Crippen LogP contribution in [0, 0.1) is 12.1 Å². The number of fused-ring (bicyclic) bond motifs is 4. The Morgan fingerprint density at radius 1 is 0.667 bits per heavy atom. The number of aromatic nitrogens is 2. The third-order valence-electron chi connectivity index (χ3n) is 7.80. The van der Waals surface area contributed by atoms with E-state index in [1.807, 2.05) is 60.9 Å². The Kier molecular flexibility index (Phi) is 6.57.